The molecular weight excluding hydrogens is 370 g/mol. The van der Waals surface area contributed by atoms with Crippen molar-refractivity contribution in [2.45, 2.75) is 18.7 Å². The number of methoxy groups -OCH3 is 1. The van der Waals surface area contributed by atoms with E-state index in [1.165, 1.54) is 0 Å². The van der Waals surface area contributed by atoms with Crippen LogP contribution < -0.4 is 14.2 Å². The number of aliphatic hydroxyl groups excluding tert-OH is 1. The van der Waals surface area contributed by atoms with Crippen molar-refractivity contribution in [2.75, 3.05) is 33.7 Å². The van der Waals surface area contributed by atoms with Gasteiger partial charge in [0.05, 0.1) is 26.4 Å². The maximum atomic E-state index is 9.87. The molecule has 2 aromatic carbocycles. The van der Waals surface area contributed by atoms with Crippen molar-refractivity contribution < 1.29 is 24.1 Å². The van der Waals surface area contributed by atoms with Crippen molar-refractivity contribution in [1.82, 2.24) is 4.90 Å². The van der Waals surface area contributed by atoms with Crippen molar-refractivity contribution in [1.29, 1.82) is 0 Å². The zero-order valence-corrected chi connectivity index (χ0v) is 15.8. The van der Waals surface area contributed by atoms with Crippen LogP contribution in [0.1, 0.15) is 17.2 Å². The Balaban J connectivity index is 1.68. The lowest BCUT2D eigenvalue weighted by Gasteiger charge is -2.41. The second kappa shape index (κ2) is 7.94. The Hall–Kier alpha value is -1.99. The van der Waals surface area contributed by atoms with E-state index in [1.54, 1.807) is 7.11 Å². The van der Waals surface area contributed by atoms with E-state index in [2.05, 4.69) is 4.90 Å². The quantitative estimate of drug-likeness (QED) is 0.845. The molecule has 0 saturated carbocycles. The molecule has 1 N–H and O–H groups in total. The fourth-order valence-electron chi connectivity index (χ4n) is 3.73. The Labute approximate surface area is 163 Å². The molecular formula is C20H22ClNO5. The fraction of sp³-hybridized carbons (Fsp3) is 0.400. The second-order valence-electron chi connectivity index (χ2n) is 6.55. The van der Waals surface area contributed by atoms with Gasteiger partial charge >= 0.3 is 0 Å². The number of benzene rings is 2. The van der Waals surface area contributed by atoms with Gasteiger partial charge in [0.15, 0.2) is 11.5 Å². The van der Waals surface area contributed by atoms with Gasteiger partial charge in [-0.15, -0.1) is 0 Å². The summed E-state index contributed by atoms with van der Waals surface area (Å²) in [6, 6.07) is 11.3. The molecule has 2 aliphatic heterocycles. The van der Waals surface area contributed by atoms with Gasteiger partial charge in [-0.25, -0.2) is 0 Å². The molecule has 7 heteroatoms. The first-order valence-electron chi connectivity index (χ1n) is 8.88. The Morgan fingerprint density at radius 1 is 1.22 bits per heavy atom. The van der Waals surface area contributed by atoms with E-state index in [0.29, 0.717) is 36.2 Å². The summed E-state index contributed by atoms with van der Waals surface area (Å²) in [6.07, 6.45) is -0.348. The van der Waals surface area contributed by atoms with Gasteiger partial charge in [-0.05, 0) is 17.7 Å². The molecule has 27 heavy (non-hydrogen) atoms. The summed E-state index contributed by atoms with van der Waals surface area (Å²) in [5.41, 5.74) is 1.93. The van der Waals surface area contributed by atoms with Crippen LogP contribution in [0.2, 0.25) is 5.02 Å². The molecule has 2 aliphatic rings. The number of morpholine rings is 1. The topological polar surface area (TPSA) is 60.4 Å². The van der Waals surface area contributed by atoms with Crippen LogP contribution in [0.15, 0.2) is 36.4 Å². The molecule has 6 nitrogen and oxygen atoms in total. The molecule has 0 spiro atoms. The first-order valence-corrected chi connectivity index (χ1v) is 9.26. The molecule has 2 heterocycles. The van der Waals surface area contributed by atoms with Crippen LogP contribution >= 0.6 is 11.6 Å². The average Bonchev–Trinajstić information content (AvgIpc) is 3.15. The van der Waals surface area contributed by atoms with E-state index < -0.39 is 0 Å². The number of nitrogens with zero attached hydrogens (tertiary/aromatic N) is 1. The Morgan fingerprint density at radius 3 is 2.74 bits per heavy atom. The van der Waals surface area contributed by atoms with Crippen molar-refractivity contribution in [3.8, 4) is 17.2 Å². The van der Waals surface area contributed by atoms with Crippen LogP contribution in [-0.4, -0.2) is 49.8 Å². The second-order valence-corrected chi connectivity index (χ2v) is 6.95. The standard InChI is InChI=1S/C20H22ClNO5/c1-24-16-9-18-17(26-12-27-18)8-13(16)10-22-6-7-25-19(11-23)20(22)14-4-2-3-5-15(14)21/h2-5,8-9,19-20,23H,6-7,10-12H2,1H3/t19-,20-/m0/s1. The molecule has 0 aromatic heterocycles. The highest BCUT2D eigenvalue weighted by Gasteiger charge is 2.35. The number of rotatable bonds is 5. The monoisotopic (exact) mass is 391 g/mol. The molecule has 4 rings (SSSR count). The minimum Gasteiger partial charge on any atom is -0.496 e. The third-order valence-electron chi connectivity index (χ3n) is 5.01. The number of hydrogen-bond donors (Lipinski definition) is 1. The van der Waals surface area contributed by atoms with E-state index in [0.717, 1.165) is 16.9 Å². The summed E-state index contributed by atoms with van der Waals surface area (Å²) >= 11 is 6.46. The molecule has 0 unspecified atom stereocenters. The van der Waals surface area contributed by atoms with Gasteiger partial charge in [-0.3, -0.25) is 4.90 Å². The predicted molar refractivity (Wildman–Crippen MR) is 101 cm³/mol. The van der Waals surface area contributed by atoms with Crippen LogP contribution in [0, 0.1) is 0 Å². The average molecular weight is 392 g/mol. The van der Waals surface area contributed by atoms with Gasteiger partial charge in [-0.2, -0.15) is 0 Å². The van der Waals surface area contributed by atoms with Crippen LogP contribution in [0.3, 0.4) is 0 Å². The van der Waals surface area contributed by atoms with Gasteiger partial charge in [-0.1, -0.05) is 29.8 Å². The van der Waals surface area contributed by atoms with Gasteiger partial charge in [0.1, 0.15) is 11.9 Å². The van der Waals surface area contributed by atoms with Crippen molar-refractivity contribution in [2.24, 2.45) is 0 Å². The maximum absolute atomic E-state index is 9.87. The summed E-state index contributed by atoms with van der Waals surface area (Å²) in [7, 11) is 1.64. The number of halogens is 1. The summed E-state index contributed by atoms with van der Waals surface area (Å²) in [5.74, 6) is 2.14. The van der Waals surface area contributed by atoms with Gasteiger partial charge in [0.2, 0.25) is 6.79 Å². The summed E-state index contributed by atoms with van der Waals surface area (Å²) < 4.78 is 22.3. The van der Waals surface area contributed by atoms with Crippen LogP contribution in [0.5, 0.6) is 17.2 Å². The van der Waals surface area contributed by atoms with Gasteiger partial charge in [0.25, 0.3) is 0 Å². The van der Waals surface area contributed by atoms with Gasteiger partial charge < -0.3 is 24.1 Å². The maximum Gasteiger partial charge on any atom is 0.231 e. The zero-order valence-electron chi connectivity index (χ0n) is 15.1. The normalized spacial score (nSPS) is 22.0. The highest BCUT2D eigenvalue weighted by Crippen LogP contribution is 2.40. The third-order valence-corrected chi connectivity index (χ3v) is 5.35. The number of hydrogen-bond acceptors (Lipinski definition) is 6. The first-order chi connectivity index (χ1) is 13.2. The molecule has 2 aromatic rings. The van der Waals surface area contributed by atoms with Crippen molar-refractivity contribution in [3.05, 3.63) is 52.5 Å². The lowest BCUT2D eigenvalue weighted by atomic mass is 9.97. The molecule has 2 atom stereocenters. The van der Waals surface area contributed by atoms with Gasteiger partial charge in [0, 0.05) is 29.7 Å². The molecule has 1 saturated heterocycles. The summed E-state index contributed by atoms with van der Waals surface area (Å²) in [6.45, 7) is 2.00. The zero-order chi connectivity index (χ0) is 18.8. The molecule has 144 valence electrons. The summed E-state index contributed by atoms with van der Waals surface area (Å²) in [5, 5.41) is 10.5. The fourth-order valence-corrected chi connectivity index (χ4v) is 3.97. The Morgan fingerprint density at radius 2 is 2.00 bits per heavy atom. The lowest BCUT2D eigenvalue weighted by Crippen LogP contribution is -2.46. The molecule has 0 aliphatic carbocycles. The van der Waals surface area contributed by atoms with E-state index in [4.69, 9.17) is 30.5 Å². The largest absolute Gasteiger partial charge is 0.496 e. The smallest absolute Gasteiger partial charge is 0.231 e. The SMILES string of the molecule is COc1cc2c(cc1CN1CCO[C@@H](CO)[C@@H]1c1ccccc1Cl)OCO2. The highest BCUT2D eigenvalue weighted by molar-refractivity contribution is 6.31. The molecule has 0 amide bonds. The molecule has 1 fully saturated rings. The Kier molecular flexibility index (Phi) is 5.41. The number of fused-ring (bicyclic) bond motifs is 1. The number of aliphatic hydroxyl groups is 1. The predicted octanol–water partition coefficient (Wildman–Crippen LogP) is 3.01. The molecule has 0 bridgehead atoms. The lowest BCUT2D eigenvalue weighted by molar-refractivity contribution is -0.0961. The van der Waals surface area contributed by atoms with Crippen LogP contribution in [0.25, 0.3) is 0 Å². The van der Waals surface area contributed by atoms with Crippen molar-refractivity contribution >= 4 is 11.6 Å². The van der Waals surface area contributed by atoms with E-state index >= 15 is 0 Å². The third kappa shape index (κ3) is 3.58. The van der Waals surface area contributed by atoms with Crippen molar-refractivity contribution in [3.63, 3.8) is 0 Å². The minimum absolute atomic E-state index is 0.0787. The Bertz CT molecular complexity index is 815. The van der Waals surface area contributed by atoms with E-state index in [1.807, 2.05) is 36.4 Å². The highest BCUT2D eigenvalue weighted by atomic mass is 35.5. The first kappa shape index (κ1) is 18.4. The van der Waals surface area contributed by atoms with Crippen LogP contribution in [-0.2, 0) is 11.3 Å². The van der Waals surface area contributed by atoms with E-state index in [-0.39, 0.29) is 25.5 Å². The minimum atomic E-state index is -0.348. The van der Waals surface area contributed by atoms with Crippen LogP contribution in [0.4, 0.5) is 0 Å². The van der Waals surface area contributed by atoms with E-state index in [9.17, 15) is 5.11 Å². The molecule has 0 radical (unpaired) electrons. The number of ether oxygens (including phenoxy) is 4. The summed E-state index contributed by atoms with van der Waals surface area (Å²) in [4.78, 5) is 2.26.